The maximum absolute atomic E-state index is 6.40. The molecular formula is C49H32N2O. The van der Waals surface area contributed by atoms with Crippen molar-refractivity contribution in [2.45, 2.75) is 6.92 Å². The molecule has 0 N–H and O–H groups in total. The highest BCUT2D eigenvalue weighted by atomic mass is 16.3. The number of aromatic nitrogens is 2. The molecule has 3 heteroatoms. The van der Waals surface area contributed by atoms with E-state index in [4.69, 9.17) is 4.42 Å². The average molecular weight is 665 g/mol. The molecule has 0 unspecified atom stereocenters. The fraction of sp³-hybridized carbons (Fsp3) is 0.0204. The Kier molecular flexibility index (Phi) is 6.17. The second-order valence-electron chi connectivity index (χ2n) is 13.9. The van der Waals surface area contributed by atoms with Gasteiger partial charge in [0.25, 0.3) is 0 Å². The quantitative estimate of drug-likeness (QED) is 0.184. The lowest BCUT2D eigenvalue weighted by Gasteiger charge is -2.08. The van der Waals surface area contributed by atoms with E-state index in [1.165, 1.54) is 82.8 Å². The second-order valence-corrected chi connectivity index (χ2v) is 13.9. The van der Waals surface area contributed by atoms with E-state index < -0.39 is 0 Å². The van der Waals surface area contributed by atoms with Crippen molar-refractivity contribution < 1.29 is 4.42 Å². The van der Waals surface area contributed by atoms with E-state index >= 15 is 0 Å². The monoisotopic (exact) mass is 664 g/mol. The summed E-state index contributed by atoms with van der Waals surface area (Å²) in [5.41, 5.74) is 14.9. The number of hydrogen-bond acceptors (Lipinski definition) is 1. The first-order valence-corrected chi connectivity index (χ1v) is 17.8. The number of benzene rings is 8. The lowest BCUT2D eigenvalue weighted by atomic mass is 9.98. The fourth-order valence-corrected chi connectivity index (χ4v) is 8.32. The highest BCUT2D eigenvalue weighted by molar-refractivity contribution is 6.13. The van der Waals surface area contributed by atoms with Crippen molar-refractivity contribution >= 4 is 65.6 Å². The van der Waals surface area contributed by atoms with E-state index in [1.54, 1.807) is 0 Å². The first kappa shape index (κ1) is 28.9. The minimum Gasteiger partial charge on any atom is -0.456 e. The fourth-order valence-electron chi connectivity index (χ4n) is 8.32. The lowest BCUT2D eigenvalue weighted by Crippen LogP contribution is -1.93. The maximum atomic E-state index is 6.40. The molecule has 0 aliphatic rings. The normalized spacial score (nSPS) is 11.9. The Hall–Kier alpha value is -6.84. The Morgan fingerprint density at radius 1 is 0.327 bits per heavy atom. The van der Waals surface area contributed by atoms with Crippen LogP contribution < -0.4 is 0 Å². The first-order chi connectivity index (χ1) is 25.7. The van der Waals surface area contributed by atoms with Crippen LogP contribution in [0.1, 0.15) is 5.56 Å². The van der Waals surface area contributed by atoms with Crippen LogP contribution in [0.2, 0.25) is 0 Å². The van der Waals surface area contributed by atoms with Crippen LogP contribution in [0.3, 0.4) is 0 Å². The van der Waals surface area contributed by atoms with Crippen LogP contribution in [0, 0.1) is 6.92 Å². The highest BCUT2D eigenvalue weighted by Crippen LogP contribution is 2.40. The van der Waals surface area contributed by atoms with Gasteiger partial charge in [-0.25, -0.2) is 0 Å². The zero-order valence-corrected chi connectivity index (χ0v) is 28.5. The summed E-state index contributed by atoms with van der Waals surface area (Å²) in [5, 5.41) is 7.27. The third-order valence-corrected chi connectivity index (χ3v) is 10.8. The molecule has 0 atom stereocenters. The molecule has 11 aromatic rings. The van der Waals surface area contributed by atoms with Crippen molar-refractivity contribution in [3.63, 3.8) is 0 Å². The zero-order chi connectivity index (χ0) is 34.3. The number of para-hydroxylation sites is 3. The van der Waals surface area contributed by atoms with Gasteiger partial charge in [-0.2, -0.15) is 0 Å². The molecule has 0 bridgehead atoms. The number of hydrogen-bond donors (Lipinski definition) is 0. The average Bonchev–Trinajstić information content (AvgIpc) is 3.85. The number of fused-ring (bicyclic) bond motifs is 9. The summed E-state index contributed by atoms with van der Waals surface area (Å²) in [7, 11) is 0. The molecule has 0 aliphatic heterocycles. The standard InChI is InChI=1S/C49H32N2O/c1-31-16-21-45-39(26-31)41-28-33(18-23-47(41)51(45)37-12-6-3-7-13-37)35-20-25-49-43(30-35)42-29-34(19-24-48(42)52-49)32-17-22-46-40(27-32)38-14-8-9-15-44(38)50(46)36-10-4-2-5-11-36/h2-30H,1H3. The van der Waals surface area contributed by atoms with Gasteiger partial charge >= 0.3 is 0 Å². The molecule has 0 aliphatic carbocycles. The smallest absolute Gasteiger partial charge is 0.135 e. The lowest BCUT2D eigenvalue weighted by molar-refractivity contribution is 0.669. The SMILES string of the molecule is Cc1ccc2c(c1)c1cc(-c3ccc4oc5ccc(-c6ccc7c(c6)c6ccccc6n7-c6ccccc6)cc5c4c3)ccc1n2-c1ccccc1. The maximum Gasteiger partial charge on any atom is 0.135 e. The van der Waals surface area contributed by atoms with Gasteiger partial charge in [-0.3, -0.25) is 0 Å². The van der Waals surface area contributed by atoms with Crippen molar-refractivity contribution in [3.05, 3.63) is 181 Å². The van der Waals surface area contributed by atoms with Crippen molar-refractivity contribution in [1.29, 1.82) is 0 Å². The van der Waals surface area contributed by atoms with Crippen LogP contribution in [0.15, 0.2) is 180 Å². The third-order valence-electron chi connectivity index (χ3n) is 10.8. The molecule has 0 saturated heterocycles. The molecule has 0 fully saturated rings. The van der Waals surface area contributed by atoms with Crippen molar-refractivity contribution in [2.75, 3.05) is 0 Å². The third kappa shape index (κ3) is 4.33. The Labute approximate surface area is 300 Å². The summed E-state index contributed by atoms with van der Waals surface area (Å²) < 4.78 is 11.1. The first-order valence-electron chi connectivity index (χ1n) is 17.8. The van der Waals surface area contributed by atoms with Gasteiger partial charge in [0.2, 0.25) is 0 Å². The van der Waals surface area contributed by atoms with Gasteiger partial charge in [0.1, 0.15) is 11.2 Å². The van der Waals surface area contributed by atoms with E-state index in [-0.39, 0.29) is 0 Å². The van der Waals surface area contributed by atoms with Crippen LogP contribution in [0.4, 0.5) is 0 Å². The molecule has 3 aromatic heterocycles. The van der Waals surface area contributed by atoms with E-state index in [0.29, 0.717) is 0 Å². The molecule has 52 heavy (non-hydrogen) atoms. The summed E-state index contributed by atoms with van der Waals surface area (Å²) in [6, 6.07) is 63.6. The molecule has 0 radical (unpaired) electrons. The molecular weight excluding hydrogens is 633 g/mol. The molecule has 0 spiro atoms. The number of furan rings is 1. The van der Waals surface area contributed by atoms with Gasteiger partial charge in [-0.15, -0.1) is 0 Å². The van der Waals surface area contributed by atoms with Gasteiger partial charge in [-0.1, -0.05) is 90.5 Å². The van der Waals surface area contributed by atoms with Crippen LogP contribution in [0.25, 0.3) is 99.2 Å². The Bertz CT molecular complexity index is 3180. The van der Waals surface area contributed by atoms with Crippen LogP contribution in [-0.2, 0) is 0 Å². The summed E-state index contributed by atoms with van der Waals surface area (Å²) in [4.78, 5) is 0. The number of nitrogens with zero attached hydrogens (tertiary/aromatic N) is 2. The topological polar surface area (TPSA) is 23.0 Å². The van der Waals surface area contributed by atoms with E-state index in [9.17, 15) is 0 Å². The van der Waals surface area contributed by atoms with E-state index in [2.05, 4.69) is 192 Å². The molecule has 244 valence electrons. The summed E-state index contributed by atoms with van der Waals surface area (Å²) in [6.07, 6.45) is 0. The summed E-state index contributed by atoms with van der Waals surface area (Å²) >= 11 is 0. The Morgan fingerprint density at radius 3 is 1.29 bits per heavy atom. The van der Waals surface area contributed by atoms with Crippen LogP contribution >= 0.6 is 0 Å². The Morgan fingerprint density at radius 2 is 0.731 bits per heavy atom. The Balaban J connectivity index is 1.05. The molecule has 11 rings (SSSR count). The van der Waals surface area contributed by atoms with Gasteiger partial charge in [0.15, 0.2) is 0 Å². The zero-order valence-electron chi connectivity index (χ0n) is 28.5. The van der Waals surface area contributed by atoms with Gasteiger partial charge < -0.3 is 13.6 Å². The van der Waals surface area contributed by atoms with E-state index in [1.807, 2.05) is 0 Å². The predicted octanol–water partition coefficient (Wildman–Crippen LogP) is 13.4. The number of aryl methyl sites for hydroxylation is 1. The molecule has 0 amide bonds. The largest absolute Gasteiger partial charge is 0.456 e. The summed E-state index contributed by atoms with van der Waals surface area (Å²) in [6.45, 7) is 2.17. The number of rotatable bonds is 4. The highest BCUT2D eigenvalue weighted by Gasteiger charge is 2.17. The predicted molar refractivity (Wildman–Crippen MR) is 218 cm³/mol. The van der Waals surface area contributed by atoms with Crippen LogP contribution in [0.5, 0.6) is 0 Å². The second kappa shape index (κ2) is 11.1. The van der Waals surface area contributed by atoms with Gasteiger partial charge in [-0.05, 0) is 120 Å². The molecule has 3 nitrogen and oxygen atoms in total. The van der Waals surface area contributed by atoms with Gasteiger partial charge in [0.05, 0.1) is 22.1 Å². The van der Waals surface area contributed by atoms with Gasteiger partial charge in [0, 0.05) is 43.7 Å². The minimum atomic E-state index is 0.898. The molecule has 8 aromatic carbocycles. The minimum absolute atomic E-state index is 0.898. The molecule has 0 saturated carbocycles. The summed E-state index contributed by atoms with van der Waals surface area (Å²) in [5.74, 6) is 0. The van der Waals surface area contributed by atoms with Crippen molar-refractivity contribution in [1.82, 2.24) is 9.13 Å². The van der Waals surface area contributed by atoms with Crippen molar-refractivity contribution in [3.8, 4) is 33.6 Å². The van der Waals surface area contributed by atoms with E-state index in [0.717, 1.165) is 21.9 Å². The molecule has 3 heterocycles. The van der Waals surface area contributed by atoms with Crippen LogP contribution in [-0.4, -0.2) is 9.13 Å². The van der Waals surface area contributed by atoms with Crippen molar-refractivity contribution in [2.24, 2.45) is 0 Å².